The first-order valence-corrected chi connectivity index (χ1v) is 27.6. The lowest BCUT2D eigenvalue weighted by molar-refractivity contribution is 1.07. The van der Waals surface area contributed by atoms with Gasteiger partial charge in [-0.25, -0.2) is 15.0 Å². The second-order valence-electron chi connectivity index (χ2n) is 20.8. The molecule has 4 nitrogen and oxygen atoms in total. The van der Waals surface area contributed by atoms with Crippen LogP contribution in [0.15, 0.2) is 303 Å². The molecule has 0 saturated carbocycles. The first-order chi connectivity index (χ1) is 40.1. The predicted molar refractivity (Wildman–Crippen MR) is 338 cm³/mol. The van der Waals surface area contributed by atoms with E-state index in [1.165, 1.54) is 49.7 Å². The zero-order chi connectivity index (χ0) is 53.6. The summed E-state index contributed by atoms with van der Waals surface area (Å²) >= 11 is 0. The molecular formula is C77H50N4. The van der Waals surface area contributed by atoms with Crippen LogP contribution in [0.25, 0.3) is 150 Å². The van der Waals surface area contributed by atoms with Gasteiger partial charge in [-0.3, -0.25) is 0 Å². The largest absolute Gasteiger partial charge is 0.309 e. The van der Waals surface area contributed by atoms with E-state index in [4.69, 9.17) is 15.0 Å². The first-order valence-electron chi connectivity index (χ1n) is 27.6. The Balaban J connectivity index is 0.833. The monoisotopic (exact) mass is 1030 g/mol. The molecule has 0 saturated heterocycles. The Morgan fingerprint density at radius 1 is 0.198 bits per heavy atom. The number of rotatable bonds is 10. The lowest BCUT2D eigenvalue weighted by atomic mass is 9.92. The van der Waals surface area contributed by atoms with Crippen molar-refractivity contribution >= 4 is 43.4 Å². The Hall–Kier alpha value is -10.8. The second kappa shape index (κ2) is 20.2. The van der Waals surface area contributed by atoms with Crippen LogP contribution in [0.5, 0.6) is 0 Å². The smallest absolute Gasteiger partial charge is 0.164 e. The van der Waals surface area contributed by atoms with Crippen LogP contribution >= 0.6 is 0 Å². The van der Waals surface area contributed by atoms with Crippen LogP contribution < -0.4 is 0 Å². The highest BCUT2D eigenvalue weighted by molar-refractivity contribution is 6.09. The molecule has 0 aliphatic heterocycles. The highest BCUT2D eigenvalue weighted by atomic mass is 15.0. The maximum atomic E-state index is 5.41. The van der Waals surface area contributed by atoms with E-state index in [9.17, 15) is 0 Å². The van der Waals surface area contributed by atoms with Crippen LogP contribution in [0.4, 0.5) is 0 Å². The van der Waals surface area contributed by atoms with E-state index in [1.54, 1.807) is 0 Å². The molecule has 15 rings (SSSR count). The second-order valence-corrected chi connectivity index (χ2v) is 20.8. The standard InChI is InChI=1S/C77H50N4/c1-3-18-51(19-4-1)53-22-11-24-55(44-53)57-26-13-27-58(46-57)60-40-41-62-49-65(43-42-61(62)47-60)76-78-75(64-30-15-31-66(50-64)81-73-38-9-7-32-70(73)71-33-8-10-39-74(71)81)79-77(80-76)72-37-17-35-68-67(34-16-36-69(68)72)63-29-14-28-59(48-63)56-25-12-23-54(45-56)52-20-5-2-6-21-52/h1-50H. The van der Waals surface area contributed by atoms with Crippen molar-refractivity contribution in [2.24, 2.45) is 0 Å². The minimum Gasteiger partial charge on any atom is -0.309 e. The van der Waals surface area contributed by atoms with Crippen LogP contribution in [0.1, 0.15) is 0 Å². The number of aromatic nitrogens is 4. The van der Waals surface area contributed by atoms with Gasteiger partial charge in [-0.05, 0) is 149 Å². The van der Waals surface area contributed by atoms with E-state index < -0.39 is 0 Å². The molecule has 0 aliphatic rings. The first kappa shape index (κ1) is 47.4. The van der Waals surface area contributed by atoms with Crippen molar-refractivity contribution in [1.29, 1.82) is 0 Å². The number of para-hydroxylation sites is 2. The summed E-state index contributed by atoms with van der Waals surface area (Å²) in [6, 6.07) is 109. The van der Waals surface area contributed by atoms with Gasteiger partial charge in [0.05, 0.1) is 11.0 Å². The average molecular weight is 1030 g/mol. The summed E-state index contributed by atoms with van der Waals surface area (Å²) in [6.45, 7) is 0. The van der Waals surface area contributed by atoms with Crippen LogP contribution in [-0.2, 0) is 0 Å². The topological polar surface area (TPSA) is 43.6 Å². The molecule has 0 spiro atoms. The zero-order valence-corrected chi connectivity index (χ0v) is 44.2. The fourth-order valence-corrected chi connectivity index (χ4v) is 11.8. The van der Waals surface area contributed by atoms with Gasteiger partial charge in [-0.1, -0.05) is 243 Å². The van der Waals surface area contributed by atoms with Gasteiger partial charge < -0.3 is 4.57 Å². The normalized spacial score (nSPS) is 11.5. The Bertz CT molecular complexity index is 4830. The predicted octanol–water partition coefficient (Wildman–Crippen LogP) is 20.3. The molecule has 0 atom stereocenters. The molecule has 15 aromatic rings. The Labute approximate surface area is 470 Å². The van der Waals surface area contributed by atoms with Crippen LogP contribution in [0, 0.1) is 0 Å². The highest BCUT2D eigenvalue weighted by Crippen LogP contribution is 2.39. The maximum absolute atomic E-state index is 5.41. The molecule has 0 aliphatic carbocycles. The summed E-state index contributed by atoms with van der Waals surface area (Å²) in [5, 5.41) is 6.84. The number of nitrogens with zero attached hydrogens (tertiary/aromatic N) is 4. The van der Waals surface area contributed by atoms with E-state index in [0.29, 0.717) is 17.5 Å². The SMILES string of the molecule is c1ccc(-c2cccc(-c3cccc(-c4ccc5cc(-c6nc(-c7cccc(-n8c9ccccc9c9ccccc98)c7)nc(-c7cccc8c(-c9cccc(-c%10cccc(-c%11ccccc%11)c%10)c9)cccc78)n6)ccc5c4)c3)c2)cc1. The maximum Gasteiger partial charge on any atom is 0.164 e. The van der Waals surface area contributed by atoms with Gasteiger partial charge in [0.1, 0.15) is 0 Å². The lowest BCUT2D eigenvalue weighted by Gasteiger charge is -2.14. The molecule has 81 heavy (non-hydrogen) atoms. The van der Waals surface area contributed by atoms with Crippen molar-refractivity contribution in [2.45, 2.75) is 0 Å². The van der Waals surface area contributed by atoms with Crippen molar-refractivity contribution in [1.82, 2.24) is 19.5 Å². The van der Waals surface area contributed by atoms with Gasteiger partial charge in [-0.15, -0.1) is 0 Å². The molecule has 0 amide bonds. The fraction of sp³-hybridized carbons (Fsp3) is 0. The molecule has 0 N–H and O–H groups in total. The van der Waals surface area contributed by atoms with E-state index in [-0.39, 0.29) is 0 Å². The van der Waals surface area contributed by atoms with E-state index in [0.717, 1.165) is 82.8 Å². The minimum absolute atomic E-state index is 0.598. The molecule has 2 heterocycles. The van der Waals surface area contributed by atoms with Gasteiger partial charge in [0.15, 0.2) is 17.5 Å². The summed E-state index contributed by atoms with van der Waals surface area (Å²) in [4.78, 5) is 16.2. The van der Waals surface area contributed by atoms with Crippen molar-refractivity contribution in [3.05, 3.63) is 303 Å². The molecular weight excluding hydrogens is 981 g/mol. The molecule has 13 aromatic carbocycles. The van der Waals surface area contributed by atoms with Crippen LogP contribution in [0.3, 0.4) is 0 Å². The van der Waals surface area contributed by atoms with Crippen molar-refractivity contribution in [3.8, 4) is 107 Å². The van der Waals surface area contributed by atoms with Gasteiger partial charge in [0.2, 0.25) is 0 Å². The quantitative estimate of drug-likeness (QED) is 0.137. The average Bonchev–Trinajstić information content (AvgIpc) is 4.15. The van der Waals surface area contributed by atoms with Crippen molar-refractivity contribution < 1.29 is 0 Å². The van der Waals surface area contributed by atoms with Crippen molar-refractivity contribution in [2.75, 3.05) is 0 Å². The molecule has 4 heteroatoms. The van der Waals surface area contributed by atoms with Crippen LogP contribution in [0.2, 0.25) is 0 Å². The van der Waals surface area contributed by atoms with Gasteiger partial charge >= 0.3 is 0 Å². The number of hydrogen-bond donors (Lipinski definition) is 0. The summed E-state index contributed by atoms with van der Waals surface area (Å²) in [7, 11) is 0. The number of fused-ring (bicyclic) bond motifs is 5. The van der Waals surface area contributed by atoms with Gasteiger partial charge in [0, 0.05) is 33.2 Å². The Kier molecular flexibility index (Phi) is 11.8. The van der Waals surface area contributed by atoms with Crippen LogP contribution in [-0.4, -0.2) is 19.5 Å². The lowest BCUT2D eigenvalue weighted by Crippen LogP contribution is -2.01. The zero-order valence-electron chi connectivity index (χ0n) is 44.2. The Morgan fingerprint density at radius 3 is 1.10 bits per heavy atom. The molecule has 0 fully saturated rings. The molecule has 378 valence electrons. The summed E-state index contributed by atoms with van der Waals surface area (Å²) in [6.07, 6.45) is 0. The molecule has 0 unspecified atom stereocenters. The third-order valence-corrected chi connectivity index (χ3v) is 15.8. The fourth-order valence-electron chi connectivity index (χ4n) is 11.8. The third-order valence-electron chi connectivity index (χ3n) is 15.8. The van der Waals surface area contributed by atoms with Crippen molar-refractivity contribution in [3.63, 3.8) is 0 Å². The highest BCUT2D eigenvalue weighted by Gasteiger charge is 2.19. The Morgan fingerprint density at radius 2 is 0.543 bits per heavy atom. The van der Waals surface area contributed by atoms with E-state index in [1.807, 2.05) is 0 Å². The molecule has 0 bridgehead atoms. The summed E-state index contributed by atoms with van der Waals surface area (Å²) in [5.74, 6) is 1.81. The minimum atomic E-state index is 0.598. The number of benzene rings is 13. The summed E-state index contributed by atoms with van der Waals surface area (Å²) < 4.78 is 2.34. The van der Waals surface area contributed by atoms with E-state index >= 15 is 0 Å². The van der Waals surface area contributed by atoms with E-state index in [2.05, 4.69) is 308 Å². The molecule has 0 radical (unpaired) electrons. The molecule has 2 aromatic heterocycles. The third kappa shape index (κ3) is 8.91. The van der Waals surface area contributed by atoms with Gasteiger partial charge in [0.25, 0.3) is 0 Å². The summed E-state index contributed by atoms with van der Waals surface area (Å²) in [5.41, 5.74) is 20.2. The van der Waals surface area contributed by atoms with Gasteiger partial charge in [-0.2, -0.15) is 0 Å². The number of hydrogen-bond acceptors (Lipinski definition) is 3.